The van der Waals surface area contributed by atoms with Crippen molar-refractivity contribution >= 4 is 10.8 Å². The molecule has 0 saturated heterocycles. The zero-order chi connectivity index (χ0) is 17.5. The Morgan fingerprint density at radius 3 is 2.31 bits per heavy atom. The fourth-order valence-corrected chi connectivity index (χ4v) is 5.70. The van der Waals surface area contributed by atoms with Crippen molar-refractivity contribution in [2.45, 2.75) is 38.5 Å². The molecule has 5 atom stereocenters. The summed E-state index contributed by atoms with van der Waals surface area (Å²) in [5.74, 6) is 4.15. The van der Waals surface area contributed by atoms with Crippen LogP contribution in [0.1, 0.15) is 44.1 Å². The maximum atomic E-state index is 2.45. The molecule has 0 heteroatoms. The maximum Gasteiger partial charge on any atom is -0.00174 e. The summed E-state index contributed by atoms with van der Waals surface area (Å²) in [4.78, 5) is 0. The van der Waals surface area contributed by atoms with Gasteiger partial charge in [-0.05, 0) is 78.5 Å². The van der Waals surface area contributed by atoms with Gasteiger partial charge in [0.2, 0.25) is 0 Å². The Balaban J connectivity index is 0.000000141. The first-order valence-electron chi connectivity index (χ1n) is 10.3. The third-order valence-electron chi connectivity index (χ3n) is 7.02. The van der Waals surface area contributed by atoms with Crippen LogP contribution in [0.4, 0.5) is 0 Å². The van der Waals surface area contributed by atoms with Crippen LogP contribution >= 0.6 is 0 Å². The second-order valence-electron chi connectivity index (χ2n) is 8.51. The van der Waals surface area contributed by atoms with Crippen LogP contribution in [0, 0.1) is 23.7 Å². The van der Waals surface area contributed by atoms with Crippen LogP contribution in [-0.2, 0) is 0 Å². The molecule has 0 amide bonds. The average molecular weight is 341 g/mol. The van der Waals surface area contributed by atoms with Gasteiger partial charge in [-0.1, -0.05) is 78.4 Å². The number of rotatable bonds is 1. The summed E-state index contributed by atoms with van der Waals surface area (Å²) in [6.07, 6.45) is 17.4. The molecule has 132 valence electrons. The number of hydrogen-bond donors (Lipinski definition) is 0. The molecule has 2 aromatic rings. The highest BCUT2D eigenvalue weighted by atomic mass is 14.4. The lowest BCUT2D eigenvalue weighted by atomic mass is 9.84. The van der Waals surface area contributed by atoms with Gasteiger partial charge in [-0.2, -0.15) is 0 Å². The zero-order valence-electron chi connectivity index (χ0n) is 15.6. The van der Waals surface area contributed by atoms with E-state index in [1.807, 2.05) is 0 Å². The predicted octanol–water partition coefficient (Wildman–Crippen LogP) is 7.05. The smallest absolute Gasteiger partial charge is 0.00174 e. The van der Waals surface area contributed by atoms with Gasteiger partial charge >= 0.3 is 0 Å². The molecule has 5 unspecified atom stereocenters. The van der Waals surface area contributed by atoms with E-state index in [4.69, 9.17) is 0 Å². The van der Waals surface area contributed by atoms with Crippen LogP contribution in [0.3, 0.4) is 0 Å². The first kappa shape index (κ1) is 16.1. The molecule has 0 aliphatic heterocycles. The minimum Gasteiger partial charge on any atom is -0.0878 e. The molecule has 0 N–H and O–H groups in total. The molecule has 0 spiro atoms. The van der Waals surface area contributed by atoms with Gasteiger partial charge in [0.15, 0.2) is 0 Å². The highest BCUT2D eigenvalue weighted by molar-refractivity contribution is 5.86. The number of hydrogen-bond acceptors (Lipinski definition) is 0. The second kappa shape index (κ2) is 6.58. The van der Waals surface area contributed by atoms with E-state index in [0.717, 1.165) is 29.6 Å². The highest BCUT2D eigenvalue weighted by Crippen LogP contribution is 2.50. The first-order chi connectivity index (χ1) is 12.8. The third kappa shape index (κ3) is 2.76. The Hall–Kier alpha value is -2.08. The zero-order valence-corrected chi connectivity index (χ0v) is 15.6. The van der Waals surface area contributed by atoms with Gasteiger partial charge in [0.25, 0.3) is 0 Å². The molecule has 26 heavy (non-hydrogen) atoms. The van der Waals surface area contributed by atoms with Crippen LogP contribution in [0.25, 0.3) is 10.8 Å². The first-order valence-corrected chi connectivity index (χ1v) is 10.3. The van der Waals surface area contributed by atoms with E-state index in [1.54, 1.807) is 11.1 Å². The fourth-order valence-electron chi connectivity index (χ4n) is 5.70. The van der Waals surface area contributed by atoms with Gasteiger partial charge in [0, 0.05) is 0 Å². The molecule has 4 bridgehead atoms. The molecule has 4 aliphatic rings. The van der Waals surface area contributed by atoms with Crippen molar-refractivity contribution in [3.8, 4) is 0 Å². The summed E-state index contributed by atoms with van der Waals surface area (Å²) in [7, 11) is 0. The molecule has 6 rings (SSSR count). The largest absolute Gasteiger partial charge is 0.0878 e. The molecule has 2 saturated carbocycles. The molecule has 0 nitrogen and oxygen atoms in total. The molecule has 0 aromatic heterocycles. The second-order valence-corrected chi connectivity index (χ2v) is 8.51. The van der Waals surface area contributed by atoms with Gasteiger partial charge in [-0.25, -0.2) is 0 Å². The summed E-state index contributed by atoms with van der Waals surface area (Å²) in [5.41, 5.74) is 3.24. The van der Waals surface area contributed by atoms with Crippen molar-refractivity contribution in [2.75, 3.05) is 0 Å². The van der Waals surface area contributed by atoms with E-state index in [1.165, 1.54) is 36.5 Å². The van der Waals surface area contributed by atoms with Crippen molar-refractivity contribution in [1.82, 2.24) is 0 Å². The van der Waals surface area contributed by atoms with Gasteiger partial charge in [-0.3, -0.25) is 0 Å². The lowest BCUT2D eigenvalue weighted by Gasteiger charge is -2.20. The van der Waals surface area contributed by atoms with Crippen molar-refractivity contribution in [3.63, 3.8) is 0 Å². The van der Waals surface area contributed by atoms with E-state index in [0.29, 0.717) is 0 Å². The molecule has 4 aliphatic carbocycles. The Kier molecular flexibility index (Phi) is 4.08. The Bertz CT molecular complexity index is 892. The Morgan fingerprint density at radius 2 is 1.65 bits per heavy atom. The van der Waals surface area contributed by atoms with Gasteiger partial charge in [-0.15, -0.1) is 0 Å². The maximum absolute atomic E-state index is 2.45. The summed E-state index contributed by atoms with van der Waals surface area (Å²) in [6.45, 7) is 2.16. The lowest BCUT2D eigenvalue weighted by Crippen LogP contribution is -2.05. The SMILES string of the molecule is C/C=C1/CC2C=CC1C2.C1=CC2CC1CC2c1cccc2ccccc12. The van der Waals surface area contributed by atoms with Crippen LogP contribution in [0.15, 0.2) is 78.4 Å². The predicted molar refractivity (Wildman–Crippen MR) is 111 cm³/mol. The van der Waals surface area contributed by atoms with Crippen molar-refractivity contribution in [1.29, 1.82) is 0 Å². The summed E-state index contributed by atoms with van der Waals surface area (Å²) < 4.78 is 0. The van der Waals surface area contributed by atoms with E-state index >= 15 is 0 Å². The van der Waals surface area contributed by atoms with Crippen LogP contribution in [0.5, 0.6) is 0 Å². The molecular formula is C26H28. The Labute approximate surface area is 157 Å². The number of benzene rings is 2. The van der Waals surface area contributed by atoms with Crippen LogP contribution < -0.4 is 0 Å². The van der Waals surface area contributed by atoms with Crippen LogP contribution in [-0.4, -0.2) is 0 Å². The lowest BCUT2D eigenvalue weighted by molar-refractivity contribution is 0.589. The normalized spacial score (nSPS) is 34.7. The number of fused-ring (bicyclic) bond motifs is 5. The molecule has 2 aromatic carbocycles. The summed E-state index contributed by atoms with van der Waals surface area (Å²) in [6, 6.07) is 15.6. The van der Waals surface area contributed by atoms with Gasteiger partial charge in [0.05, 0.1) is 0 Å². The molecule has 2 fully saturated rings. The average Bonchev–Trinajstić information content (AvgIpc) is 3.49. The minimum atomic E-state index is 0.760. The fraction of sp³-hybridized carbons (Fsp3) is 0.385. The van der Waals surface area contributed by atoms with Crippen molar-refractivity contribution < 1.29 is 0 Å². The minimum absolute atomic E-state index is 0.760. The Morgan fingerprint density at radius 1 is 0.808 bits per heavy atom. The van der Waals surface area contributed by atoms with E-state index in [2.05, 4.69) is 79.8 Å². The van der Waals surface area contributed by atoms with E-state index < -0.39 is 0 Å². The highest BCUT2D eigenvalue weighted by Gasteiger charge is 2.36. The summed E-state index contributed by atoms with van der Waals surface area (Å²) >= 11 is 0. The molecular weight excluding hydrogens is 312 g/mol. The molecule has 0 radical (unpaired) electrons. The van der Waals surface area contributed by atoms with Crippen LogP contribution in [0.2, 0.25) is 0 Å². The topological polar surface area (TPSA) is 0 Å². The monoisotopic (exact) mass is 340 g/mol. The van der Waals surface area contributed by atoms with Crippen molar-refractivity contribution in [3.05, 3.63) is 84.0 Å². The third-order valence-corrected chi connectivity index (χ3v) is 7.02. The number of allylic oxidation sites excluding steroid dienone is 6. The van der Waals surface area contributed by atoms with E-state index in [9.17, 15) is 0 Å². The standard InChI is InChI=1S/C17H16.C9H12/c1-2-6-15-13(4-1)5-3-7-16(15)17-11-12-8-9-14(17)10-12;1-2-8-5-7-3-4-9(8)6-7/h1-9,12,14,17H,10-11H2;2-4,7,9H,5-6H2,1H3/b;8-2-. The molecule has 0 heterocycles. The van der Waals surface area contributed by atoms with E-state index in [-0.39, 0.29) is 0 Å². The van der Waals surface area contributed by atoms with Gasteiger partial charge < -0.3 is 0 Å². The van der Waals surface area contributed by atoms with Crippen molar-refractivity contribution in [2.24, 2.45) is 23.7 Å². The quantitative estimate of drug-likeness (QED) is 0.488. The summed E-state index contributed by atoms with van der Waals surface area (Å²) in [5, 5.41) is 2.85. The van der Waals surface area contributed by atoms with Gasteiger partial charge in [0.1, 0.15) is 0 Å².